The number of hydrogen-bond donors (Lipinski definition) is 2. The summed E-state index contributed by atoms with van der Waals surface area (Å²) in [5.41, 5.74) is 0.0720. The number of fused-ring (bicyclic) bond motifs is 4. The molecule has 3 heterocycles. The Hall–Kier alpha value is -1.92. The van der Waals surface area contributed by atoms with Crippen molar-refractivity contribution in [3.8, 4) is 0 Å². The Bertz CT molecular complexity index is 796. The van der Waals surface area contributed by atoms with Crippen LogP contribution in [0.15, 0.2) is 18.2 Å². The van der Waals surface area contributed by atoms with Gasteiger partial charge in [-0.15, -0.1) is 0 Å². The van der Waals surface area contributed by atoms with E-state index in [2.05, 4.69) is 10.6 Å². The molecule has 25 heavy (non-hydrogen) atoms. The van der Waals surface area contributed by atoms with Gasteiger partial charge in [-0.1, -0.05) is 24.9 Å². The number of unbranched alkanes of at least 4 members (excludes halogenated alkanes) is 1. The topological polar surface area (TPSA) is 78.5 Å². The zero-order valence-electron chi connectivity index (χ0n) is 14.1. The average Bonchev–Trinajstić information content (AvgIpc) is 3.12. The number of amides is 3. The van der Waals surface area contributed by atoms with Gasteiger partial charge in [0.05, 0.1) is 11.8 Å². The van der Waals surface area contributed by atoms with Gasteiger partial charge in [-0.3, -0.25) is 24.6 Å². The number of hydrogen-bond acceptors (Lipinski definition) is 4. The van der Waals surface area contributed by atoms with Gasteiger partial charge in [-0.2, -0.15) is 0 Å². The van der Waals surface area contributed by atoms with E-state index in [1.54, 1.807) is 18.2 Å². The number of carbonyl (C=O) groups excluding carboxylic acids is 3. The summed E-state index contributed by atoms with van der Waals surface area (Å²) in [6.45, 7) is 4.28. The highest BCUT2D eigenvalue weighted by Gasteiger charge is 2.69. The molecule has 0 bridgehead atoms. The fraction of sp³-hybridized carbons (Fsp3) is 0.500. The number of nitrogens with one attached hydrogen (secondary N) is 2. The van der Waals surface area contributed by atoms with E-state index in [0.717, 1.165) is 12.8 Å². The molecular formula is C18H20ClN3O3. The van der Waals surface area contributed by atoms with Gasteiger partial charge >= 0.3 is 0 Å². The molecule has 0 saturated carbocycles. The van der Waals surface area contributed by atoms with Crippen LogP contribution in [0.25, 0.3) is 0 Å². The maximum absolute atomic E-state index is 13.1. The van der Waals surface area contributed by atoms with Gasteiger partial charge in [0.25, 0.3) is 0 Å². The van der Waals surface area contributed by atoms with Crippen LogP contribution in [0.3, 0.4) is 0 Å². The highest BCUT2D eigenvalue weighted by atomic mass is 35.5. The molecule has 6 nitrogen and oxygen atoms in total. The van der Waals surface area contributed by atoms with E-state index in [9.17, 15) is 14.4 Å². The molecule has 2 saturated heterocycles. The number of anilines is 1. The van der Waals surface area contributed by atoms with E-state index in [-0.39, 0.29) is 23.8 Å². The van der Waals surface area contributed by atoms with E-state index >= 15 is 0 Å². The van der Waals surface area contributed by atoms with Gasteiger partial charge < -0.3 is 5.32 Å². The molecule has 0 aliphatic carbocycles. The first-order chi connectivity index (χ1) is 11.9. The van der Waals surface area contributed by atoms with Gasteiger partial charge in [-0.25, -0.2) is 0 Å². The van der Waals surface area contributed by atoms with Crippen LogP contribution in [0, 0.1) is 11.8 Å². The Morgan fingerprint density at radius 3 is 2.72 bits per heavy atom. The number of likely N-dealkylation sites (tertiary alicyclic amines) is 1. The van der Waals surface area contributed by atoms with Gasteiger partial charge in [0.15, 0.2) is 0 Å². The molecule has 1 spiro atoms. The second-order valence-electron chi connectivity index (χ2n) is 7.07. The first kappa shape index (κ1) is 16.5. The molecule has 7 heteroatoms. The van der Waals surface area contributed by atoms with Crippen molar-refractivity contribution in [1.82, 2.24) is 10.2 Å². The Kier molecular flexibility index (Phi) is 3.67. The molecular weight excluding hydrogens is 342 g/mol. The van der Waals surface area contributed by atoms with Crippen molar-refractivity contribution in [3.63, 3.8) is 0 Å². The van der Waals surface area contributed by atoms with E-state index < -0.39 is 17.4 Å². The second-order valence-corrected chi connectivity index (χ2v) is 7.51. The van der Waals surface area contributed by atoms with E-state index in [1.807, 2.05) is 13.8 Å². The highest BCUT2D eigenvalue weighted by Crippen LogP contribution is 2.53. The van der Waals surface area contributed by atoms with Crippen molar-refractivity contribution < 1.29 is 14.4 Å². The smallest absolute Gasteiger partial charge is 0.250 e. The summed E-state index contributed by atoms with van der Waals surface area (Å²) in [7, 11) is 0. The zero-order valence-corrected chi connectivity index (χ0v) is 14.9. The molecule has 1 aromatic carbocycles. The van der Waals surface area contributed by atoms with E-state index in [0.29, 0.717) is 22.8 Å². The minimum atomic E-state index is -1.22. The van der Waals surface area contributed by atoms with Crippen molar-refractivity contribution >= 4 is 35.0 Å². The lowest BCUT2D eigenvalue weighted by molar-refractivity contribution is -0.142. The number of carbonyl (C=O) groups is 3. The summed E-state index contributed by atoms with van der Waals surface area (Å²) in [4.78, 5) is 40.2. The molecule has 3 aliphatic heterocycles. The first-order valence-corrected chi connectivity index (χ1v) is 9.04. The predicted molar refractivity (Wildman–Crippen MR) is 93.0 cm³/mol. The summed E-state index contributed by atoms with van der Waals surface area (Å²) in [6.07, 6.45) is 1.66. The third-order valence-corrected chi connectivity index (χ3v) is 5.89. The largest absolute Gasteiger partial charge is 0.324 e. The lowest BCUT2D eigenvalue weighted by Crippen LogP contribution is -2.53. The minimum absolute atomic E-state index is 0.177. The number of halogens is 1. The normalized spacial score (nSPS) is 33.2. The summed E-state index contributed by atoms with van der Waals surface area (Å²) in [6, 6.07) is 4.87. The Balaban J connectivity index is 1.83. The highest BCUT2D eigenvalue weighted by molar-refractivity contribution is 6.31. The number of benzene rings is 1. The average molecular weight is 362 g/mol. The van der Waals surface area contributed by atoms with Gasteiger partial charge in [0, 0.05) is 28.9 Å². The molecule has 2 N–H and O–H groups in total. The Morgan fingerprint density at radius 2 is 2.00 bits per heavy atom. The first-order valence-electron chi connectivity index (χ1n) is 8.66. The van der Waals surface area contributed by atoms with Crippen LogP contribution in [0.1, 0.15) is 32.3 Å². The van der Waals surface area contributed by atoms with Crippen LogP contribution in [0.2, 0.25) is 5.02 Å². The minimum Gasteiger partial charge on any atom is -0.324 e. The van der Waals surface area contributed by atoms with E-state index in [4.69, 9.17) is 11.6 Å². The van der Waals surface area contributed by atoms with Gasteiger partial charge in [0.1, 0.15) is 5.54 Å². The third-order valence-electron chi connectivity index (χ3n) is 5.65. The van der Waals surface area contributed by atoms with E-state index in [1.165, 1.54) is 4.90 Å². The Labute approximate surface area is 150 Å². The van der Waals surface area contributed by atoms with Crippen LogP contribution < -0.4 is 10.6 Å². The van der Waals surface area contributed by atoms with Crippen molar-refractivity contribution in [1.29, 1.82) is 0 Å². The fourth-order valence-electron chi connectivity index (χ4n) is 4.53. The number of rotatable bonds is 3. The summed E-state index contributed by atoms with van der Waals surface area (Å²) >= 11 is 6.15. The monoisotopic (exact) mass is 361 g/mol. The number of imide groups is 1. The maximum atomic E-state index is 13.1. The lowest BCUT2D eigenvalue weighted by atomic mass is 9.76. The summed E-state index contributed by atoms with van der Waals surface area (Å²) < 4.78 is 0. The lowest BCUT2D eigenvalue weighted by Gasteiger charge is -2.29. The van der Waals surface area contributed by atoms with Gasteiger partial charge in [0.2, 0.25) is 17.7 Å². The molecule has 1 aromatic rings. The van der Waals surface area contributed by atoms with Crippen LogP contribution in [-0.4, -0.2) is 35.2 Å². The SMILES string of the molecule is CCCCN1C(=O)[C@@H]2C(C)NC3(C(=O)Nc4ccc(Cl)cc43)[C@@H]2C1=O. The van der Waals surface area contributed by atoms with Crippen LogP contribution in [-0.2, 0) is 19.9 Å². The molecule has 0 radical (unpaired) electrons. The summed E-state index contributed by atoms with van der Waals surface area (Å²) in [5.74, 6) is -1.99. The fourth-order valence-corrected chi connectivity index (χ4v) is 4.70. The van der Waals surface area contributed by atoms with Crippen LogP contribution in [0.5, 0.6) is 0 Å². The molecule has 3 aliphatic rings. The standard InChI is InChI=1S/C18H20ClN3O3/c1-3-4-7-22-15(23)13-9(2)21-18(14(13)16(22)24)11-8-10(19)5-6-12(11)20-17(18)25/h5-6,8-9,13-14,21H,3-4,7H2,1-2H3,(H,20,25)/t9?,13-,14+,18?/m1/s1. The van der Waals surface area contributed by atoms with Gasteiger partial charge in [-0.05, 0) is 31.5 Å². The molecule has 0 aromatic heterocycles. The molecule has 2 fully saturated rings. The molecule has 3 amide bonds. The van der Waals surface area contributed by atoms with Crippen molar-refractivity contribution in [2.24, 2.45) is 11.8 Å². The number of nitrogens with zero attached hydrogens (tertiary/aromatic N) is 1. The quantitative estimate of drug-likeness (QED) is 0.806. The zero-order chi connectivity index (χ0) is 17.9. The molecule has 132 valence electrons. The molecule has 4 rings (SSSR count). The summed E-state index contributed by atoms with van der Waals surface area (Å²) in [5, 5.41) is 6.60. The van der Waals surface area contributed by atoms with Crippen LogP contribution in [0.4, 0.5) is 5.69 Å². The van der Waals surface area contributed by atoms with Crippen molar-refractivity contribution in [2.75, 3.05) is 11.9 Å². The third kappa shape index (κ3) is 2.04. The maximum Gasteiger partial charge on any atom is 0.250 e. The Morgan fingerprint density at radius 1 is 1.24 bits per heavy atom. The van der Waals surface area contributed by atoms with Crippen molar-refractivity contribution in [3.05, 3.63) is 28.8 Å². The second kappa shape index (κ2) is 5.54. The molecule has 4 atom stereocenters. The van der Waals surface area contributed by atoms with Crippen molar-refractivity contribution in [2.45, 2.75) is 38.3 Å². The molecule has 2 unspecified atom stereocenters. The predicted octanol–water partition coefficient (Wildman–Crippen LogP) is 1.88. The van der Waals surface area contributed by atoms with Crippen LogP contribution >= 0.6 is 11.6 Å².